The second kappa shape index (κ2) is 11.6. The van der Waals surface area contributed by atoms with E-state index < -0.39 is 11.9 Å². The first kappa shape index (κ1) is 24.4. The summed E-state index contributed by atoms with van der Waals surface area (Å²) in [6.07, 6.45) is 0. The Morgan fingerprint density at radius 3 is 1.26 bits per heavy atom. The molecule has 3 aromatic carbocycles. The van der Waals surface area contributed by atoms with Crippen LogP contribution in [-0.4, -0.2) is 40.4 Å². The Labute approximate surface area is 197 Å². The van der Waals surface area contributed by atoms with Gasteiger partial charge in [-0.2, -0.15) is 0 Å². The van der Waals surface area contributed by atoms with E-state index in [2.05, 4.69) is 0 Å². The SMILES string of the molecule is COc1ccc(C(=O)OCc2ccc(COC(=O)c3ccc(OC)cc3OC)cc2)c(OC)c1. The Hall–Kier alpha value is -4.20. The topological polar surface area (TPSA) is 89.5 Å². The second-order valence-electron chi connectivity index (χ2n) is 7.10. The van der Waals surface area contributed by atoms with Gasteiger partial charge in [-0.25, -0.2) is 9.59 Å². The minimum Gasteiger partial charge on any atom is -0.497 e. The Morgan fingerprint density at radius 2 is 0.941 bits per heavy atom. The van der Waals surface area contributed by atoms with Crippen LogP contribution >= 0.6 is 0 Å². The fraction of sp³-hybridized carbons (Fsp3) is 0.231. The number of carbonyl (C=O) groups is 2. The van der Waals surface area contributed by atoms with Crippen LogP contribution in [-0.2, 0) is 22.7 Å². The van der Waals surface area contributed by atoms with Crippen molar-refractivity contribution in [1.29, 1.82) is 0 Å². The molecular weight excluding hydrogens is 440 g/mol. The van der Waals surface area contributed by atoms with E-state index in [9.17, 15) is 9.59 Å². The van der Waals surface area contributed by atoms with Gasteiger partial charge in [0.25, 0.3) is 0 Å². The van der Waals surface area contributed by atoms with Crippen LogP contribution < -0.4 is 18.9 Å². The largest absolute Gasteiger partial charge is 0.497 e. The molecule has 0 aliphatic carbocycles. The number of hydrogen-bond donors (Lipinski definition) is 0. The van der Waals surface area contributed by atoms with E-state index in [0.29, 0.717) is 34.1 Å². The Bertz CT molecular complexity index is 1050. The van der Waals surface area contributed by atoms with Gasteiger partial charge in [-0.15, -0.1) is 0 Å². The molecule has 0 heterocycles. The average Bonchev–Trinajstić information content (AvgIpc) is 2.89. The Balaban J connectivity index is 1.55. The minimum atomic E-state index is -0.508. The Morgan fingerprint density at radius 1 is 0.559 bits per heavy atom. The zero-order valence-corrected chi connectivity index (χ0v) is 19.5. The Kier molecular flexibility index (Phi) is 8.34. The standard InChI is InChI=1S/C26H26O8/c1-29-19-9-11-21(23(13-19)31-3)25(27)33-15-17-5-7-18(8-6-17)16-34-26(28)22-12-10-20(30-2)14-24(22)32-4/h5-14H,15-16H2,1-4H3. The van der Waals surface area contributed by atoms with Crippen molar-refractivity contribution in [2.75, 3.05) is 28.4 Å². The van der Waals surface area contributed by atoms with Crippen molar-refractivity contribution in [3.63, 3.8) is 0 Å². The van der Waals surface area contributed by atoms with Crippen LogP contribution in [0.15, 0.2) is 60.7 Å². The maximum atomic E-state index is 12.5. The van der Waals surface area contributed by atoms with Crippen LogP contribution in [0, 0.1) is 0 Å². The quantitative estimate of drug-likeness (QED) is 0.405. The third-order valence-corrected chi connectivity index (χ3v) is 5.02. The lowest BCUT2D eigenvalue weighted by atomic mass is 10.1. The van der Waals surface area contributed by atoms with Crippen LogP contribution in [0.2, 0.25) is 0 Å². The van der Waals surface area contributed by atoms with Crippen LogP contribution in [0.3, 0.4) is 0 Å². The van der Waals surface area contributed by atoms with E-state index in [1.54, 1.807) is 60.7 Å². The van der Waals surface area contributed by atoms with Gasteiger partial charge in [0.2, 0.25) is 0 Å². The average molecular weight is 466 g/mol. The van der Waals surface area contributed by atoms with Crippen molar-refractivity contribution >= 4 is 11.9 Å². The monoisotopic (exact) mass is 466 g/mol. The number of ether oxygens (including phenoxy) is 6. The first-order chi connectivity index (χ1) is 16.5. The lowest BCUT2D eigenvalue weighted by Gasteiger charge is -2.11. The summed E-state index contributed by atoms with van der Waals surface area (Å²) < 4.78 is 31.6. The van der Waals surface area contributed by atoms with Crippen LogP contribution in [0.5, 0.6) is 23.0 Å². The molecule has 178 valence electrons. The van der Waals surface area contributed by atoms with Crippen molar-refractivity contribution in [2.24, 2.45) is 0 Å². The molecule has 0 radical (unpaired) electrons. The molecule has 3 rings (SSSR count). The molecule has 0 aromatic heterocycles. The van der Waals surface area contributed by atoms with Crippen LogP contribution in [0.4, 0.5) is 0 Å². The minimum absolute atomic E-state index is 0.0805. The van der Waals surface area contributed by atoms with Gasteiger partial charge in [0.15, 0.2) is 0 Å². The summed E-state index contributed by atoms with van der Waals surface area (Å²) >= 11 is 0. The summed E-state index contributed by atoms with van der Waals surface area (Å²) in [5, 5.41) is 0. The summed E-state index contributed by atoms with van der Waals surface area (Å²) in [6, 6.07) is 17.0. The molecule has 0 saturated carbocycles. The second-order valence-corrected chi connectivity index (χ2v) is 7.10. The number of esters is 2. The summed E-state index contributed by atoms with van der Waals surface area (Å²) in [5.41, 5.74) is 2.18. The molecule has 0 amide bonds. The third-order valence-electron chi connectivity index (χ3n) is 5.02. The molecule has 0 saturated heterocycles. The lowest BCUT2D eigenvalue weighted by Crippen LogP contribution is -2.08. The van der Waals surface area contributed by atoms with Crippen molar-refractivity contribution < 1.29 is 38.0 Å². The molecule has 0 spiro atoms. The summed E-state index contributed by atoms with van der Waals surface area (Å²) in [4.78, 5) is 24.9. The number of carbonyl (C=O) groups excluding carboxylic acids is 2. The number of methoxy groups -OCH3 is 4. The van der Waals surface area contributed by atoms with Gasteiger partial charge < -0.3 is 28.4 Å². The number of benzene rings is 3. The molecule has 0 aliphatic heterocycles. The number of rotatable bonds is 10. The molecule has 8 nitrogen and oxygen atoms in total. The predicted molar refractivity (Wildman–Crippen MR) is 124 cm³/mol. The molecular formula is C26H26O8. The molecule has 0 N–H and O–H groups in total. The van der Waals surface area contributed by atoms with Gasteiger partial charge in [0.05, 0.1) is 28.4 Å². The number of hydrogen-bond acceptors (Lipinski definition) is 8. The maximum absolute atomic E-state index is 12.5. The fourth-order valence-corrected chi connectivity index (χ4v) is 3.12. The fourth-order valence-electron chi connectivity index (χ4n) is 3.12. The van der Waals surface area contributed by atoms with Gasteiger partial charge in [-0.3, -0.25) is 0 Å². The zero-order valence-electron chi connectivity index (χ0n) is 19.5. The van der Waals surface area contributed by atoms with Gasteiger partial charge in [0.1, 0.15) is 47.3 Å². The van der Waals surface area contributed by atoms with E-state index in [1.807, 2.05) is 0 Å². The molecule has 0 aliphatic rings. The molecule has 3 aromatic rings. The van der Waals surface area contributed by atoms with E-state index in [-0.39, 0.29) is 13.2 Å². The molecule has 0 unspecified atom stereocenters. The highest BCUT2D eigenvalue weighted by Gasteiger charge is 2.16. The maximum Gasteiger partial charge on any atom is 0.342 e. The molecule has 0 atom stereocenters. The van der Waals surface area contributed by atoms with E-state index >= 15 is 0 Å². The van der Waals surface area contributed by atoms with Gasteiger partial charge in [-0.1, -0.05) is 24.3 Å². The van der Waals surface area contributed by atoms with Crippen molar-refractivity contribution in [2.45, 2.75) is 13.2 Å². The first-order valence-corrected chi connectivity index (χ1v) is 10.3. The summed E-state index contributed by atoms with van der Waals surface area (Å²) in [5.74, 6) is 0.882. The summed E-state index contributed by atoms with van der Waals surface area (Å²) in [6.45, 7) is 0.161. The molecule has 34 heavy (non-hydrogen) atoms. The highest BCUT2D eigenvalue weighted by atomic mass is 16.5. The van der Waals surface area contributed by atoms with E-state index in [1.165, 1.54) is 28.4 Å². The van der Waals surface area contributed by atoms with Crippen molar-refractivity contribution in [3.05, 3.63) is 82.9 Å². The van der Waals surface area contributed by atoms with E-state index in [0.717, 1.165) is 11.1 Å². The molecule has 8 heteroatoms. The smallest absolute Gasteiger partial charge is 0.342 e. The molecule has 0 fully saturated rings. The highest BCUT2D eigenvalue weighted by Crippen LogP contribution is 2.26. The predicted octanol–water partition coefficient (Wildman–Crippen LogP) is 4.44. The first-order valence-electron chi connectivity index (χ1n) is 10.3. The summed E-state index contributed by atoms with van der Waals surface area (Å²) in [7, 11) is 6.02. The highest BCUT2D eigenvalue weighted by molar-refractivity contribution is 5.93. The zero-order chi connectivity index (χ0) is 24.5. The van der Waals surface area contributed by atoms with Gasteiger partial charge >= 0.3 is 11.9 Å². The van der Waals surface area contributed by atoms with Crippen molar-refractivity contribution in [1.82, 2.24) is 0 Å². The normalized spacial score (nSPS) is 10.2. The third kappa shape index (κ3) is 5.98. The van der Waals surface area contributed by atoms with Gasteiger partial charge in [-0.05, 0) is 35.4 Å². The van der Waals surface area contributed by atoms with E-state index in [4.69, 9.17) is 28.4 Å². The van der Waals surface area contributed by atoms with Crippen molar-refractivity contribution in [3.8, 4) is 23.0 Å². The van der Waals surface area contributed by atoms with Gasteiger partial charge in [0, 0.05) is 12.1 Å². The lowest BCUT2D eigenvalue weighted by molar-refractivity contribution is 0.0456. The molecule has 0 bridgehead atoms. The van der Waals surface area contributed by atoms with Crippen LogP contribution in [0.1, 0.15) is 31.8 Å². The van der Waals surface area contributed by atoms with Crippen LogP contribution in [0.25, 0.3) is 0 Å².